The summed E-state index contributed by atoms with van der Waals surface area (Å²) >= 11 is 1.14. The molecule has 1 aromatic carbocycles. The summed E-state index contributed by atoms with van der Waals surface area (Å²) in [4.78, 5) is -0.327. The van der Waals surface area contributed by atoms with Gasteiger partial charge in [0.1, 0.15) is 10.7 Å². The van der Waals surface area contributed by atoms with E-state index in [0.717, 1.165) is 23.9 Å². The minimum absolute atomic E-state index is 0.166. The molecule has 0 unspecified atom stereocenters. The second-order valence-electron chi connectivity index (χ2n) is 3.03. The third kappa shape index (κ3) is 2.79. The lowest BCUT2D eigenvalue weighted by Crippen LogP contribution is -2.10. The van der Waals surface area contributed by atoms with Crippen LogP contribution in [0.4, 0.5) is 4.39 Å². The molecule has 0 saturated carbocycles. The van der Waals surface area contributed by atoms with Crippen molar-refractivity contribution in [3.63, 3.8) is 0 Å². The molecule has 0 N–H and O–H groups in total. The van der Waals surface area contributed by atoms with Gasteiger partial charge in [0.15, 0.2) is 0 Å². The Balaban J connectivity index is 2.27. The number of rotatable bonds is 4. The third-order valence-electron chi connectivity index (χ3n) is 1.83. The summed E-state index contributed by atoms with van der Waals surface area (Å²) in [5.74, 6) is -0.685. The monoisotopic (exact) mass is 290 g/mol. The first-order valence-electron chi connectivity index (χ1n) is 4.59. The summed E-state index contributed by atoms with van der Waals surface area (Å²) in [5.41, 5.74) is 0. The second-order valence-corrected chi connectivity index (χ2v) is 5.34. The molecule has 96 valence electrons. The first-order chi connectivity index (χ1) is 8.51. The second kappa shape index (κ2) is 4.94. The highest BCUT2D eigenvalue weighted by atomic mass is 32.2. The molecular formula is C9H7FN2O4S2. The van der Waals surface area contributed by atoms with Gasteiger partial charge in [0.25, 0.3) is 5.22 Å². The van der Waals surface area contributed by atoms with Crippen molar-refractivity contribution in [1.29, 1.82) is 0 Å². The standard InChI is InChI=1S/C9H7FN2O4S2/c1-17-9-12-11-8(15-9)16-18(13,14)7-4-2-3-6(10)5-7/h2-5H,1H3. The van der Waals surface area contributed by atoms with Gasteiger partial charge < -0.3 is 8.60 Å². The average molecular weight is 290 g/mol. The van der Waals surface area contributed by atoms with Crippen LogP contribution >= 0.6 is 11.8 Å². The van der Waals surface area contributed by atoms with Gasteiger partial charge in [0.2, 0.25) is 0 Å². The smallest absolute Gasteiger partial charge is 0.382 e. The predicted molar refractivity (Wildman–Crippen MR) is 60.3 cm³/mol. The van der Waals surface area contributed by atoms with Crippen molar-refractivity contribution in [2.45, 2.75) is 10.1 Å². The van der Waals surface area contributed by atoms with Gasteiger partial charge in [-0.1, -0.05) is 28.0 Å². The quantitative estimate of drug-likeness (QED) is 0.626. The van der Waals surface area contributed by atoms with Gasteiger partial charge in [-0.05, 0) is 24.5 Å². The van der Waals surface area contributed by atoms with E-state index >= 15 is 0 Å². The molecule has 0 radical (unpaired) electrons. The van der Waals surface area contributed by atoms with Gasteiger partial charge in [-0.3, -0.25) is 0 Å². The Morgan fingerprint density at radius 1 is 1.39 bits per heavy atom. The number of halogens is 1. The fraction of sp³-hybridized carbons (Fsp3) is 0.111. The minimum atomic E-state index is -4.18. The maximum Gasteiger partial charge on any atom is 0.431 e. The number of nitrogens with zero attached hydrogens (tertiary/aromatic N) is 2. The van der Waals surface area contributed by atoms with Crippen molar-refractivity contribution < 1.29 is 21.4 Å². The molecule has 1 heterocycles. The Labute approximate surface area is 106 Å². The van der Waals surface area contributed by atoms with Gasteiger partial charge in [-0.15, -0.1) is 0 Å². The van der Waals surface area contributed by atoms with Crippen LogP contribution in [0.2, 0.25) is 0 Å². The lowest BCUT2D eigenvalue weighted by atomic mass is 10.4. The van der Waals surface area contributed by atoms with Crippen LogP contribution in [0.5, 0.6) is 6.08 Å². The van der Waals surface area contributed by atoms with E-state index in [1.807, 2.05) is 0 Å². The van der Waals surface area contributed by atoms with Crippen molar-refractivity contribution in [2.24, 2.45) is 0 Å². The highest BCUT2D eigenvalue weighted by molar-refractivity contribution is 7.98. The molecule has 0 amide bonds. The fourth-order valence-corrected chi connectivity index (χ4v) is 2.21. The summed E-state index contributed by atoms with van der Waals surface area (Å²) in [6.07, 6.45) is 1.17. The Hall–Kier alpha value is -1.61. The van der Waals surface area contributed by atoms with Gasteiger partial charge in [-0.25, -0.2) is 4.39 Å². The van der Waals surface area contributed by atoms with Crippen molar-refractivity contribution in [3.05, 3.63) is 30.1 Å². The summed E-state index contributed by atoms with van der Waals surface area (Å²) in [6.45, 7) is 0. The molecule has 0 saturated heterocycles. The van der Waals surface area contributed by atoms with Crippen LogP contribution in [0.1, 0.15) is 0 Å². The molecular weight excluding hydrogens is 283 g/mol. The van der Waals surface area contributed by atoms with Crippen LogP contribution in [0, 0.1) is 5.82 Å². The van der Waals surface area contributed by atoms with Crippen molar-refractivity contribution >= 4 is 21.9 Å². The Morgan fingerprint density at radius 2 is 2.17 bits per heavy atom. The van der Waals surface area contributed by atoms with Crippen LogP contribution in [0.3, 0.4) is 0 Å². The number of hydrogen-bond acceptors (Lipinski definition) is 7. The summed E-state index contributed by atoms with van der Waals surface area (Å²) < 4.78 is 45.8. The number of benzene rings is 1. The Morgan fingerprint density at radius 3 is 2.78 bits per heavy atom. The topological polar surface area (TPSA) is 82.3 Å². The number of thioether (sulfide) groups is 1. The SMILES string of the molecule is CSc1nnc(OS(=O)(=O)c2cccc(F)c2)o1. The predicted octanol–water partition coefficient (Wildman–Crippen LogP) is 1.70. The highest BCUT2D eigenvalue weighted by Gasteiger charge is 2.21. The molecule has 2 rings (SSSR count). The van der Waals surface area contributed by atoms with E-state index in [1.54, 1.807) is 6.26 Å². The van der Waals surface area contributed by atoms with E-state index in [4.69, 9.17) is 4.42 Å². The average Bonchev–Trinajstić information content (AvgIpc) is 2.76. The maximum absolute atomic E-state index is 12.9. The fourth-order valence-electron chi connectivity index (χ4n) is 1.08. The normalized spacial score (nSPS) is 11.4. The third-order valence-corrected chi connectivity index (χ3v) is 3.54. The van der Waals surface area contributed by atoms with E-state index in [-0.39, 0.29) is 10.1 Å². The molecule has 1 aromatic heterocycles. The van der Waals surface area contributed by atoms with Gasteiger partial charge in [-0.2, -0.15) is 8.42 Å². The molecule has 0 spiro atoms. The Bertz CT molecular complexity index is 656. The summed E-state index contributed by atoms with van der Waals surface area (Å²) in [6, 6.07) is 4.41. The molecule has 0 atom stereocenters. The zero-order chi connectivity index (χ0) is 13.2. The van der Waals surface area contributed by atoms with Gasteiger partial charge >= 0.3 is 16.2 Å². The first-order valence-corrected chi connectivity index (χ1v) is 7.22. The molecule has 6 nitrogen and oxygen atoms in total. The Kier molecular flexibility index (Phi) is 3.53. The van der Waals surface area contributed by atoms with Crippen molar-refractivity contribution in [2.75, 3.05) is 6.26 Å². The van der Waals surface area contributed by atoms with Crippen LogP contribution in [0.25, 0.3) is 0 Å². The lowest BCUT2D eigenvalue weighted by Gasteiger charge is -2.02. The molecule has 9 heteroatoms. The van der Waals surface area contributed by atoms with Crippen LogP contribution in [-0.4, -0.2) is 24.9 Å². The maximum atomic E-state index is 12.9. The summed E-state index contributed by atoms with van der Waals surface area (Å²) in [5, 5.41) is 7.07. The van der Waals surface area contributed by atoms with E-state index in [9.17, 15) is 12.8 Å². The van der Waals surface area contributed by atoms with E-state index in [2.05, 4.69) is 14.4 Å². The molecule has 0 aliphatic heterocycles. The zero-order valence-corrected chi connectivity index (χ0v) is 10.7. The van der Waals surface area contributed by atoms with E-state index < -0.39 is 22.0 Å². The number of hydrogen-bond donors (Lipinski definition) is 0. The first kappa shape index (κ1) is 12.8. The zero-order valence-electron chi connectivity index (χ0n) is 9.03. The molecule has 0 fully saturated rings. The van der Waals surface area contributed by atoms with Crippen LogP contribution in [-0.2, 0) is 10.1 Å². The number of aromatic nitrogens is 2. The molecule has 0 aliphatic rings. The van der Waals surface area contributed by atoms with Crippen LogP contribution < -0.4 is 4.18 Å². The van der Waals surface area contributed by atoms with Gasteiger partial charge in [0.05, 0.1) is 0 Å². The highest BCUT2D eigenvalue weighted by Crippen LogP contribution is 2.21. The van der Waals surface area contributed by atoms with Crippen molar-refractivity contribution in [1.82, 2.24) is 10.2 Å². The molecule has 0 aliphatic carbocycles. The molecule has 0 bridgehead atoms. The van der Waals surface area contributed by atoms with E-state index in [0.29, 0.717) is 0 Å². The van der Waals surface area contributed by atoms with Crippen molar-refractivity contribution in [3.8, 4) is 6.08 Å². The van der Waals surface area contributed by atoms with E-state index in [1.165, 1.54) is 12.1 Å². The van der Waals surface area contributed by atoms with Crippen LogP contribution in [0.15, 0.2) is 38.8 Å². The minimum Gasteiger partial charge on any atom is -0.382 e. The largest absolute Gasteiger partial charge is 0.431 e. The lowest BCUT2D eigenvalue weighted by molar-refractivity contribution is 0.333. The molecule has 2 aromatic rings. The molecule has 18 heavy (non-hydrogen) atoms. The van der Waals surface area contributed by atoms with Gasteiger partial charge in [0, 0.05) is 0 Å². The summed E-state index contributed by atoms with van der Waals surface area (Å²) in [7, 11) is -4.18.